The molecule has 158 valence electrons. The van der Waals surface area contributed by atoms with Crippen LogP contribution in [0.15, 0.2) is 41.3 Å². The van der Waals surface area contributed by atoms with Crippen LogP contribution in [0.5, 0.6) is 5.75 Å². The molecule has 4 rings (SSSR count). The van der Waals surface area contributed by atoms with Crippen LogP contribution >= 0.6 is 11.3 Å². The van der Waals surface area contributed by atoms with Crippen LogP contribution in [-0.4, -0.2) is 40.6 Å². The topological polar surface area (TPSA) is 123 Å². The van der Waals surface area contributed by atoms with Crippen LogP contribution in [0.1, 0.15) is 12.0 Å². The largest absolute Gasteiger partial charge is 0.495 e. The normalized spacial score (nSPS) is 16.2. The highest BCUT2D eigenvalue weighted by atomic mass is 32.2. The summed E-state index contributed by atoms with van der Waals surface area (Å²) in [5, 5.41) is 0.160. The summed E-state index contributed by atoms with van der Waals surface area (Å²) in [5.41, 5.74) is 1.61. The number of sulfonamides is 2. The van der Waals surface area contributed by atoms with Gasteiger partial charge in [0.1, 0.15) is 10.6 Å². The summed E-state index contributed by atoms with van der Waals surface area (Å²) in [7, 11) is -6.72. The first-order valence-electron chi connectivity index (χ1n) is 8.74. The van der Waals surface area contributed by atoms with Crippen molar-refractivity contribution >= 4 is 58.3 Å². The van der Waals surface area contributed by atoms with E-state index in [1.54, 1.807) is 6.07 Å². The van der Waals surface area contributed by atoms with Gasteiger partial charge in [0.05, 0.1) is 28.8 Å². The van der Waals surface area contributed by atoms with Gasteiger partial charge in [-0.05, 0) is 42.8 Å². The Kier molecular flexibility index (Phi) is 4.95. The zero-order valence-electron chi connectivity index (χ0n) is 15.9. The number of carbonyl (C=O) groups excluding carboxylic acids is 1. The summed E-state index contributed by atoms with van der Waals surface area (Å²) in [5.74, 6) is -0.922. The van der Waals surface area contributed by atoms with Crippen molar-refractivity contribution in [2.75, 3.05) is 21.9 Å². The summed E-state index contributed by atoms with van der Waals surface area (Å²) < 4.78 is 59.5. The Bertz CT molecular complexity index is 1380. The SMILES string of the molecule is COc1ccc(N2C(=O)CCS2(=O)=O)cc1S(=O)(=O)Nc1nc2ccc(C)cc2s1. The molecule has 0 atom stereocenters. The number of benzene rings is 2. The Hall–Kier alpha value is -2.70. The van der Waals surface area contributed by atoms with Crippen molar-refractivity contribution in [3.05, 3.63) is 42.0 Å². The van der Waals surface area contributed by atoms with Gasteiger partial charge in [0.2, 0.25) is 15.9 Å². The number of fused-ring (bicyclic) bond motifs is 1. The standard InChI is InChI=1S/C18H17N3O6S3/c1-11-3-5-13-15(9-11)28-18(19-13)20-30(25,26)16-10-12(4-6-14(16)27-2)21-17(22)7-8-29(21,23)24/h3-6,9-10H,7-8H2,1-2H3,(H,19,20). The number of amides is 1. The van der Waals surface area contributed by atoms with Gasteiger partial charge < -0.3 is 4.74 Å². The molecule has 3 aromatic rings. The molecule has 2 heterocycles. The molecule has 30 heavy (non-hydrogen) atoms. The van der Waals surface area contributed by atoms with Crippen molar-refractivity contribution in [2.24, 2.45) is 0 Å². The lowest BCUT2D eigenvalue weighted by Gasteiger charge is -2.17. The van der Waals surface area contributed by atoms with Crippen LogP contribution < -0.4 is 13.8 Å². The summed E-state index contributed by atoms with van der Waals surface area (Å²) in [6.45, 7) is 1.92. The molecule has 2 aromatic carbocycles. The van der Waals surface area contributed by atoms with Gasteiger partial charge in [-0.2, -0.15) is 0 Å². The molecule has 1 fully saturated rings. The maximum atomic E-state index is 13.1. The van der Waals surface area contributed by atoms with Gasteiger partial charge in [-0.25, -0.2) is 26.1 Å². The van der Waals surface area contributed by atoms with E-state index >= 15 is 0 Å². The maximum Gasteiger partial charge on any atom is 0.267 e. The van der Waals surface area contributed by atoms with Gasteiger partial charge in [-0.3, -0.25) is 9.52 Å². The number of nitrogens with zero attached hydrogens (tertiary/aromatic N) is 2. The zero-order valence-corrected chi connectivity index (χ0v) is 18.4. The number of aryl methyl sites for hydroxylation is 1. The molecule has 1 saturated heterocycles. The number of ether oxygens (including phenoxy) is 1. The van der Waals surface area contributed by atoms with Crippen molar-refractivity contribution in [3.8, 4) is 5.75 Å². The first-order valence-corrected chi connectivity index (χ1v) is 12.7. The van der Waals surface area contributed by atoms with E-state index < -0.39 is 26.0 Å². The van der Waals surface area contributed by atoms with Crippen molar-refractivity contribution in [1.29, 1.82) is 0 Å². The molecule has 0 radical (unpaired) electrons. The minimum absolute atomic E-state index is 0.00671. The molecule has 1 aliphatic heterocycles. The molecule has 9 nitrogen and oxygen atoms in total. The third-order valence-electron chi connectivity index (χ3n) is 4.52. The van der Waals surface area contributed by atoms with E-state index in [4.69, 9.17) is 4.74 Å². The predicted octanol–water partition coefficient (Wildman–Crippen LogP) is 2.48. The van der Waals surface area contributed by atoms with Crippen LogP contribution in [0.4, 0.5) is 10.8 Å². The van der Waals surface area contributed by atoms with E-state index in [9.17, 15) is 21.6 Å². The van der Waals surface area contributed by atoms with Crippen LogP contribution in [0.25, 0.3) is 10.2 Å². The van der Waals surface area contributed by atoms with Gasteiger partial charge in [0.25, 0.3) is 10.0 Å². The Labute approximate surface area is 177 Å². The first kappa shape index (κ1) is 20.6. The Balaban J connectivity index is 1.76. The number of rotatable bonds is 5. The second-order valence-corrected chi connectivity index (χ2v) is 11.3. The average Bonchev–Trinajstić information content (AvgIpc) is 3.19. The number of anilines is 2. The number of hydrogen-bond donors (Lipinski definition) is 1. The first-order chi connectivity index (χ1) is 14.1. The average molecular weight is 468 g/mol. The van der Waals surface area contributed by atoms with E-state index in [2.05, 4.69) is 9.71 Å². The summed E-state index contributed by atoms with van der Waals surface area (Å²) in [4.78, 5) is 16.0. The predicted molar refractivity (Wildman–Crippen MR) is 114 cm³/mol. The molecule has 1 aliphatic rings. The number of methoxy groups -OCH3 is 1. The smallest absolute Gasteiger partial charge is 0.267 e. The van der Waals surface area contributed by atoms with Gasteiger partial charge in [0, 0.05) is 6.42 Å². The quantitative estimate of drug-likeness (QED) is 0.611. The number of nitrogens with one attached hydrogen (secondary N) is 1. The van der Waals surface area contributed by atoms with E-state index in [-0.39, 0.29) is 33.6 Å². The lowest BCUT2D eigenvalue weighted by Crippen LogP contribution is -2.29. The Morgan fingerprint density at radius 1 is 1.20 bits per heavy atom. The molecule has 1 amide bonds. The lowest BCUT2D eigenvalue weighted by atomic mass is 10.2. The minimum atomic E-state index is -4.18. The van der Waals surface area contributed by atoms with E-state index in [0.717, 1.165) is 16.3 Å². The fraction of sp³-hybridized carbons (Fsp3) is 0.222. The van der Waals surface area contributed by atoms with Gasteiger partial charge >= 0.3 is 0 Å². The fourth-order valence-corrected chi connectivity index (χ4v) is 6.96. The Morgan fingerprint density at radius 2 is 1.97 bits per heavy atom. The highest BCUT2D eigenvalue weighted by molar-refractivity contribution is 7.94. The van der Waals surface area contributed by atoms with E-state index in [0.29, 0.717) is 9.82 Å². The molecule has 1 aromatic heterocycles. The molecule has 0 saturated carbocycles. The molecule has 0 aliphatic carbocycles. The van der Waals surface area contributed by atoms with E-state index in [1.165, 1.54) is 30.6 Å². The van der Waals surface area contributed by atoms with Gasteiger partial charge in [0.15, 0.2) is 5.13 Å². The number of carbonyl (C=O) groups is 1. The minimum Gasteiger partial charge on any atom is -0.495 e. The van der Waals surface area contributed by atoms with Gasteiger partial charge in [-0.1, -0.05) is 17.4 Å². The van der Waals surface area contributed by atoms with Crippen LogP contribution in [0.3, 0.4) is 0 Å². The third-order valence-corrected chi connectivity index (χ3v) is 8.63. The summed E-state index contributed by atoms with van der Waals surface area (Å²) in [6.07, 6.45) is -0.153. The van der Waals surface area contributed by atoms with E-state index in [1.807, 2.05) is 19.1 Å². The highest BCUT2D eigenvalue weighted by Gasteiger charge is 2.37. The number of hydrogen-bond acceptors (Lipinski definition) is 8. The van der Waals surface area contributed by atoms with Crippen LogP contribution in [0, 0.1) is 6.92 Å². The third kappa shape index (κ3) is 3.61. The van der Waals surface area contributed by atoms with Crippen molar-refractivity contribution in [1.82, 2.24) is 4.98 Å². The highest BCUT2D eigenvalue weighted by Crippen LogP contribution is 2.34. The fourth-order valence-electron chi connectivity index (χ4n) is 3.12. The molecule has 0 unspecified atom stereocenters. The molecule has 0 bridgehead atoms. The van der Waals surface area contributed by atoms with Crippen molar-refractivity contribution in [3.63, 3.8) is 0 Å². The zero-order chi connectivity index (χ0) is 21.7. The summed E-state index contributed by atoms with van der Waals surface area (Å²) >= 11 is 1.17. The number of aromatic nitrogens is 1. The molecule has 12 heteroatoms. The van der Waals surface area contributed by atoms with Crippen molar-refractivity contribution < 1.29 is 26.4 Å². The monoisotopic (exact) mass is 467 g/mol. The second-order valence-electron chi connectivity index (χ2n) is 6.66. The van der Waals surface area contributed by atoms with Crippen LogP contribution in [0.2, 0.25) is 0 Å². The summed E-state index contributed by atoms with van der Waals surface area (Å²) in [6, 6.07) is 9.32. The molecular weight excluding hydrogens is 450 g/mol. The van der Waals surface area contributed by atoms with Crippen molar-refractivity contribution in [2.45, 2.75) is 18.2 Å². The second kappa shape index (κ2) is 7.22. The lowest BCUT2D eigenvalue weighted by molar-refractivity contribution is -0.116. The molecule has 0 spiro atoms. The van der Waals surface area contributed by atoms with Crippen LogP contribution in [-0.2, 0) is 24.8 Å². The Morgan fingerprint density at radius 3 is 2.63 bits per heavy atom. The van der Waals surface area contributed by atoms with Gasteiger partial charge in [-0.15, -0.1) is 0 Å². The molecular formula is C18H17N3O6S3. The maximum absolute atomic E-state index is 13.1. The molecule has 1 N–H and O–H groups in total. The number of thiazole rings is 1.